The van der Waals surface area contributed by atoms with Gasteiger partial charge in [-0.3, -0.25) is 0 Å². The minimum absolute atomic E-state index is 0.0667. The number of aryl methyl sites for hydroxylation is 1. The van der Waals surface area contributed by atoms with E-state index in [4.69, 9.17) is 4.74 Å². The fourth-order valence-corrected chi connectivity index (χ4v) is 3.07. The van der Waals surface area contributed by atoms with Crippen LogP contribution in [-0.4, -0.2) is 32.4 Å². The highest BCUT2D eigenvalue weighted by atomic mass is 16.5. The lowest BCUT2D eigenvalue weighted by molar-refractivity contribution is 0.102. The SMILES string of the molecule is Cc1nccc(N[C@@H]2CCO[C@H]2c2ccnn2-c2ccccc2)n1. The van der Waals surface area contributed by atoms with Crippen molar-refractivity contribution in [2.45, 2.75) is 25.5 Å². The zero-order valence-corrected chi connectivity index (χ0v) is 13.5. The van der Waals surface area contributed by atoms with Crippen LogP contribution in [0.5, 0.6) is 0 Å². The second-order valence-electron chi connectivity index (χ2n) is 5.82. The Morgan fingerprint density at radius 3 is 2.83 bits per heavy atom. The maximum atomic E-state index is 6.01. The summed E-state index contributed by atoms with van der Waals surface area (Å²) in [5, 5.41) is 7.95. The molecule has 1 saturated heterocycles. The fraction of sp³-hybridized carbons (Fsp3) is 0.278. The van der Waals surface area contributed by atoms with Gasteiger partial charge in [0.05, 0.1) is 17.4 Å². The van der Waals surface area contributed by atoms with E-state index in [9.17, 15) is 0 Å². The zero-order chi connectivity index (χ0) is 16.4. The molecule has 1 aliphatic heterocycles. The Balaban J connectivity index is 1.61. The number of nitrogens with zero attached hydrogens (tertiary/aromatic N) is 4. The molecule has 3 aromatic rings. The normalized spacial score (nSPS) is 20.2. The van der Waals surface area contributed by atoms with Crippen LogP contribution in [0.2, 0.25) is 0 Å². The molecule has 3 heterocycles. The third-order valence-corrected chi connectivity index (χ3v) is 4.17. The molecule has 1 fully saturated rings. The maximum absolute atomic E-state index is 6.01. The molecule has 6 nitrogen and oxygen atoms in total. The first-order valence-electron chi connectivity index (χ1n) is 8.08. The maximum Gasteiger partial charge on any atom is 0.129 e. The largest absolute Gasteiger partial charge is 0.370 e. The van der Waals surface area contributed by atoms with Crippen LogP contribution in [0.3, 0.4) is 0 Å². The summed E-state index contributed by atoms with van der Waals surface area (Å²) in [7, 11) is 0. The molecule has 2 atom stereocenters. The molecule has 0 aliphatic carbocycles. The molecule has 0 saturated carbocycles. The summed E-state index contributed by atoms with van der Waals surface area (Å²) < 4.78 is 7.95. The lowest BCUT2D eigenvalue weighted by atomic mass is 10.1. The predicted octanol–water partition coefficient (Wildman–Crippen LogP) is 2.91. The molecule has 0 bridgehead atoms. The minimum atomic E-state index is -0.0667. The van der Waals surface area contributed by atoms with Crippen molar-refractivity contribution >= 4 is 5.82 Å². The van der Waals surface area contributed by atoms with Gasteiger partial charge >= 0.3 is 0 Å². The summed E-state index contributed by atoms with van der Waals surface area (Å²) in [6.07, 6.45) is 4.44. The lowest BCUT2D eigenvalue weighted by Gasteiger charge is -2.21. The quantitative estimate of drug-likeness (QED) is 0.800. The Morgan fingerprint density at radius 1 is 1.12 bits per heavy atom. The van der Waals surface area contributed by atoms with Crippen molar-refractivity contribution in [3.8, 4) is 5.69 Å². The van der Waals surface area contributed by atoms with E-state index < -0.39 is 0 Å². The van der Waals surface area contributed by atoms with Crippen molar-refractivity contribution < 1.29 is 4.74 Å². The molecule has 0 amide bonds. The van der Waals surface area contributed by atoms with Crippen LogP contribution in [0.15, 0.2) is 54.9 Å². The Morgan fingerprint density at radius 2 is 2.00 bits per heavy atom. The molecule has 2 aromatic heterocycles. The zero-order valence-electron chi connectivity index (χ0n) is 13.5. The number of anilines is 1. The van der Waals surface area contributed by atoms with E-state index in [1.54, 1.807) is 6.20 Å². The summed E-state index contributed by atoms with van der Waals surface area (Å²) in [5.74, 6) is 1.58. The van der Waals surface area contributed by atoms with Crippen LogP contribution in [0.1, 0.15) is 24.0 Å². The van der Waals surface area contributed by atoms with E-state index in [0.717, 1.165) is 29.4 Å². The van der Waals surface area contributed by atoms with Gasteiger partial charge in [0, 0.05) is 19.0 Å². The van der Waals surface area contributed by atoms with Gasteiger partial charge < -0.3 is 10.1 Å². The summed E-state index contributed by atoms with van der Waals surface area (Å²) in [6, 6.07) is 14.2. The molecular weight excluding hydrogens is 302 g/mol. The van der Waals surface area contributed by atoms with Crippen LogP contribution in [0.25, 0.3) is 5.69 Å². The smallest absolute Gasteiger partial charge is 0.129 e. The Kier molecular flexibility index (Phi) is 3.96. The van der Waals surface area contributed by atoms with Gasteiger partial charge in [-0.1, -0.05) is 18.2 Å². The lowest BCUT2D eigenvalue weighted by Crippen LogP contribution is -2.25. The minimum Gasteiger partial charge on any atom is -0.370 e. The average Bonchev–Trinajstić information content (AvgIpc) is 3.24. The molecule has 0 radical (unpaired) electrons. The van der Waals surface area contributed by atoms with E-state index in [1.165, 1.54) is 0 Å². The molecule has 1 aromatic carbocycles. The standard InChI is InChI=1S/C18H19N5O/c1-13-19-10-8-17(21-13)22-15-9-12-24-18(15)16-7-11-20-23(16)14-5-3-2-4-6-14/h2-8,10-11,15,18H,9,12H2,1H3,(H,19,21,22)/t15-,18-/m1/s1. The second-order valence-corrected chi connectivity index (χ2v) is 5.82. The molecule has 24 heavy (non-hydrogen) atoms. The fourth-order valence-electron chi connectivity index (χ4n) is 3.07. The highest BCUT2D eigenvalue weighted by Crippen LogP contribution is 2.32. The highest BCUT2D eigenvalue weighted by Gasteiger charge is 2.32. The van der Waals surface area contributed by atoms with E-state index in [1.807, 2.05) is 60.3 Å². The first-order valence-corrected chi connectivity index (χ1v) is 8.08. The monoisotopic (exact) mass is 321 g/mol. The van der Waals surface area contributed by atoms with Gasteiger partial charge in [0.1, 0.15) is 17.7 Å². The summed E-state index contributed by atoms with van der Waals surface area (Å²) in [6.45, 7) is 2.60. The van der Waals surface area contributed by atoms with Crippen LogP contribution < -0.4 is 5.32 Å². The Labute approximate surface area is 140 Å². The topological polar surface area (TPSA) is 64.9 Å². The van der Waals surface area contributed by atoms with E-state index in [-0.39, 0.29) is 12.1 Å². The second kappa shape index (κ2) is 6.41. The number of hydrogen-bond donors (Lipinski definition) is 1. The van der Waals surface area contributed by atoms with Gasteiger partial charge in [0.15, 0.2) is 0 Å². The number of aromatic nitrogens is 4. The Bertz CT molecular complexity index is 817. The third kappa shape index (κ3) is 2.88. The molecule has 6 heteroatoms. The van der Waals surface area contributed by atoms with Gasteiger partial charge in [0.25, 0.3) is 0 Å². The van der Waals surface area contributed by atoms with Crippen molar-refractivity contribution in [1.29, 1.82) is 0 Å². The Hall–Kier alpha value is -2.73. The van der Waals surface area contributed by atoms with Crippen LogP contribution in [0.4, 0.5) is 5.82 Å². The predicted molar refractivity (Wildman–Crippen MR) is 91.1 cm³/mol. The molecule has 122 valence electrons. The van der Waals surface area contributed by atoms with Crippen molar-refractivity contribution in [2.75, 3.05) is 11.9 Å². The van der Waals surface area contributed by atoms with Crippen molar-refractivity contribution in [2.24, 2.45) is 0 Å². The molecule has 0 unspecified atom stereocenters. The number of ether oxygens (including phenoxy) is 1. The molecule has 1 aliphatic rings. The first-order chi connectivity index (χ1) is 11.8. The van der Waals surface area contributed by atoms with Crippen molar-refractivity contribution in [3.05, 3.63) is 66.4 Å². The number of rotatable bonds is 4. The average molecular weight is 321 g/mol. The number of benzene rings is 1. The van der Waals surface area contributed by atoms with Crippen LogP contribution in [-0.2, 0) is 4.74 Å². The van der Waals surface area contributed by atoms with Crippen molar-refractivity contribution in [3.63, 3.8) is 0 Å². The van der Waals surface area contributed by atoms with Gasteiger partial charge in [-0.2, -0.15) is 5.10 Å². The van der Waals surface area contributed by atoms with E-state index >= 15 is 0 Å². The van der Waals surface area contributed by atoms with Gasteiger partial charge in [0.2, 0.25) is 0 Å². The van der Waals surface area contributed by atoms with Gasteiger partial charge in [-0.05, 0) is 37.6 Å². The molecule has 4 rings (SSSR count). The summed E-state index contributed by atoms with van der Waals surface area (Å²) in [5.41, 5.74) is 2.08. The highest BCUT2D eigenvalue weighted by molar-refractivity contribution is 5.37. The molecular formula is C18H19N5O. The summed E-state index contributed by atoms with van der Waals surface area (Å²) in [4.78, 5) is 8.57. The van der Waals surface area contributed by atoms with E-state index in [2.05, 4.69) is 20.4 Å². The van der Waals surface area contributed by atoms with E-state index in [0.29, 0.717) is 6.61 Å². The van der Waals surface area contributed by atoms with Crippen LogP contribution >= 0.6 is 0 Å². The molecule has 1 N–H and O–H groups in total. The third-order valence-electron chi connectivity index (χ3n) is 4.17. The first kappa shape index (κ1) is 14.8. The van der Waals surface area contributed by atoms with Gasteiger partial charge in [-0.25, -0.2) is 14.6 Å². The summed E-state index contributed by atoms with van der Waals surface area (Å²) >= 11 is 0. The number of hydrogen-bond acceptors (Lipinski definition) is 5. The molecule has 0 spiro atoms. The van der Waals surface area contributed by atoms with Crippen molar-refractivity contribution in [1.82, 2.24) is 19.7 Å². The van der Waals surface area contributed by atoms with Crippen LogP contribution in [0, 0.1) is 6.92 Å². The van der Waals surface area contributed by atoms with Gasteiger partial charge in [-0.15, -0.1) is 0 Å². The number of para-hydroxylation sites is 1. The number of nitrogens with one attached hydrogen (secondary N) is 1.